The molecule has 8 heteroatoms. The van der Waals surface area contributed by atoms with E-state index in [1.165, 1.54) is 5.56 Å². The highest BCUT2D eigenvalue weighted by Crippen LogP contribution is 2.39. The molecule has 176 valence electrons. The van der Waals surface area contributed by atoms with Gasteiger partial charge in [0.05, 0.1) is 16.4 Å². The summed E-state index contributed by atoms with van der Waals surface area (Å²) in [6.07, 6.45) is 1.04. The van der Waals surface area contributed by atoms with Crippen LogP contribution in [0.4, 0.5) is 16.4 Å². The summed E-state index contributed by atoms with van der Waals surface area (Å²) < 4.78 is 0. The Labute approximate surface area is 212 Å². The summed E-state index contributed by atoms with van der Waals surface area (Å²) >= 11 is 1.75. The molecule has 1 N–H and O–H groups in total. The molecule has 0 amide bonds. The maximum absolute atomic E-state index is 5.15. The Morgan fingerprint density at radius 2 is 1.76 bits per heavy atom. The highest BCUT2D eigenvalue weighted by Gasteiger charge is 2.31. The zero-order valence-electron chi connectivity index (χ0n) is 19.2. The van der Waals surface area contributed by atoms with Crippen molar-refractivity contribution in [2.24, 2.45) is 4.99 Å². The highest BCUT2D eigenvalue weighted by molar-refractivity contribution is 7.16. The smallest absolute Gasteiger partial charge is 0.158 e. The summed E-state index contributed by atoms with van der Waals surface area (Å²) in [5.41, 5.74) is 4.40. The summed E-state index contributed by atoms with van der Waals surface area (Å²) in [5, 5.41) is 5.87. The molecule has 2 aromatic carbocycles. The number of amidine groups is 1. The fraction of sp³-hybridized carbons (Fsp3) is 0.360. The lowest BCUT2D eigenvalue weighted by molar-refractivity contribution is 0.140. The van der Waals surface area contributed by atoms with E-state index < -0.39 is 0 Å². The van der Waals surface area contributed by atoms with Crippen molar-refractivity contribution in [1.29, 1.82) is 0 Å². The molecule has 0 bridgehead atoms. The average Bonchev–Trinajstić information content (AvgIpc) is 3.13. The SMILES string of the molecule is CC(C)c1nc2c(s1)Nc1ccccc1N=C2N1CCN(C)[C@@H](Cc2ccccc2)C1.Cl.Cl. The second-order valence-corrected chi connectivity index (χ2v) is 9.76. The molecule has 0 radical (unpaired) electrons. The van der Waals surface area contributed by atoms with E-state index in [4.69, 9.17) is 9.98 Å². The second kappa shape index (κ2) is 10.9. The summed E-state index contributed by atoms with van der Waals surface area (Å²) in [5.74, 6) is 1.40. The van der Waals surface area contributed by atoms with Crippen molar-refractivity contribution in [2.45, 2.75) is 32.2 Å². The maximum atomic E-state index is 5.15. The van der Waals surface area contributed by atoms with Crippen LogP contribution in [0.25, 0.3) is 0 Å². The van der Waals surface area contributed by atoms with E-state index in [0.717, 1.165) is 59.0 Å². The fourth-order valence-corrected chi connectivity index (χ4v) is 5.23. The van der Waals surface area contributed by atoms with E-state index in [0.29, 0.717) is 12.0 Å². The van der Waals surface area contributed by atoms with Gasteiger partial charge in [-0.3, -0.25) is 4.90 Å². The summed E-state index contributed by atoms with van der Waals surface area (Å²) in [7, 11) is 2.24. The summed E-state index contributed by atoms with van der Waals surface area (Å²) in [4.78, 5) is 15.1. The van der Waals surface area contributed by atoms with E-state index in [-0.39, 0.29) is 24.8 Å². The van der Waals surface area contributed by atoms with Gasteiger partial charge in [0.15, 0.2) is 5.84 Å². The van der Waals surface area contributed by atoms with Gasteiger partial charge in [0, 0.05) is 31.6 Å². The van der Waals surface area contributed by atoms with Crippen LogP contribution in [0.3, 0.4) is 0 Å². The Bertz CT molecular complexity index is 1100. The van der Waals surface area contributed by atoms with Crippen LogP contribution in [-0.2, 0) is 6.42 Å². The number of aromatic nitrogens is 1. The van der Waals surface area contributed by atoms with E-state index >= 15 is 0 Å². The van der Waals surface area contributed by atoms with E-state index in [2.05, 4.69) is 90.6 Å². The number of thiazole rings is 1. The standard InChI is InChI=1S/C25H29N5S.2ClH/c1-17(2)24-28-22-23(26-20-11-7-8-12-21(20)27-25(22)31-24)30-14-13-29(3)19(16-30)15-18-9-5-4-6-10-18;;/h4-12,17,19,27H,13-16H2,1-3H3;2*1H/t19-;;/m0../s1. The Balaban J connectivity index is 0.00000153. The number of benzene rings is 2. The first-order valence-electron chi connectivity index (χ1n) is 11.0. The van der Waals surface area contributed by atoms with Crippen LogP contribution in [0.1, 0.15) is 36.0 Å². The zero-order chi connectivity index (χ0) is 21.4. The molecule has 0 unspecified atom stereocenters. The lowest BCUT2D eigenvalue weighted by atomic mass is 10.0. The normalized spacial score (nSPS) is 17.6. The number of halogens is 2. The zero-order valence-corrected chi connectivity index (χ0v) is 21.6. The number of aliphatic imine (C=N–C) groups is 1. The van der Waals surface area contributed by atoms with Crippen molar-refractivity contribution < 1.29 is 0 Å². The van der Waals surface area contributed by atoms with Gasteiger partial charge in [-0.1, -0.05) is 56.3 Å². The first kappa shape index (κ1) is 25.5. The third-order valence-corrected chi connectivity index (χ3v) is 7.39. The summed E-state index contributed by atoms with van der Waals surface area (Å²) in [6, 6.07) is 19.5. The average molecular weight is 505 g/mol. The predicted molar refractivity (Wildman–Crippen MR) is 145 cm³/mol. The van der Waals surface area contributed by atoms with Gasteiger partial charge in [0.2, 0.25) is 0 Å². The number of rotatable bonds is 3. The Morgan fingerprint density at radius 1 is 1.03 bits per heavy atom. The van der Waals surface area contributed by atoms with Crippen molar-refractivity contribution in [3.8, 4) is 0 Å². The van der Waals surface area contributed by atoms with Crippen LogP contribution in [0.2, 0.25) is 0 Å². The van der Waals surface area contributed by atoms with Gasteiger partial charge in [0.25, 0.3) is 0 Å². The molecular formula is C25H31Cl2N5S. The van der Waals surface area contributed by atoms with E-state index in [9.17, 15) is 0 Å². The molecule has 2 aliphatic rings. The van der Waals surface area contributed by atoms with Gasteiger partial charge >= 0.3 is 0 Å². The van der Waals surface area contributed by atoms with Crippen LogP contribution in [0.5, 0.6) is 0 Å². The first-order valence-corrected chi connectivity index (χ1v) is 11.8. The Kier molecular flexibility index (Phi) is 8.40. The highest BCUT2D eigenvalue weighted by atomic mass is 35.5. The Morgan fingerprint density at radius 3 is 2.52 bits per heavy atom. The molecule has 0 spiro atoms. The van der Waals surface area contributed by atoms with Gasteiger partial charge in [-0.25, -0.2) is 9.98 Å². The molecule has 33 heavy (non-hydrogen) atoms. The van der Waals surface area contributed by atoms with Gasteiger partial charge in [0.1, 0.15) is 10.7 Å². The fourth-order valence-electron chi connectivity index (χ4n) is 4.25. The molecule has 0 aliphatic carbocycles. The number of piperazine rings is 1. The van der Waals surface area contributed by atoms with Crippen LogP contribution >= 0.6 is 36.2 Å². The number of fused-ring (bicyclic) bond motifs is 2. The quantitative estimate of drug-likeness (QED) is 0.468. The number of para-hydroxylation sites is 2. The largest absolute Gasteiger partial charge is 0.352 e. The van der Waals surface area contributed by atoms with Gasteiger partial charge in [-0.05, 0) is 31.2 Å². The topological polar surface area (TPSA) is 43.8 Å². The van der Waals surface area contributed by atoms with Gasteiger partial charge < -0.3 is 10.2 Å². The molecule has 3 aromatic rings. The van der Waals surface area contributed by atoms with Crippen molar-refractivity contribution in [3.05, 3.63) is 70.9 Å². The van der Waals surface area contributed by atoms with Crippen molar-refractivity contribution in [1.82, 2.24) is 14.8 Å². The predicted octanol–water partition coefficient (Wildman–Crippen LogP) is 6.10. The minimum atomic E-state index is 0. The lowest BCUT2D eigenvalue weighted by Crippen LogP contribution is -2.54. The number of hydrogen-bond donors (Lipinski definition) is 1. The lowest BCUT2D eigenvalue weighted by Gasteiger charge is -2.40. The Hall–Kier alpha value is -2.12. The molecule has 1 fully saturated rings. The minimum Gasteiger partial charge on any atom is -0.352 e. The molecule has 0 saturated carbocycles. The summed E-state index contributed by atoms with van der Waals surface area (Å²) in [6.45, 7) is 7.32. The maximum Gasteiger partial charge on any atom is 0.158 e. The van der Waals surface area contributed by atoms with Crippen molar-refractivity contribution >= 4 is 58.4 Å². The first-order chi connectivity index (χ1) is 15.1. The van der Waals surface area contributed by atoms with Gasteiger partial charge in [-0.2, -0.15) is 0 Å². The van der Waals surface area contributed by atoms with E-state index in [1.807, 2.05) is 0 Å². The van der Waals surface area contributed by atoms with Crippen LogP contribution in [0.15, 0.2) is 59.6 Å². The van der Waals surface area contributed by atoms with Crippen molar-refractivity contribution in [2.75, 3.05) is 32.0 Å². The molecule has 2 aliphatic heterocycles. The van der Waals surface area contributed by atoms with Crippen LogP contribution in [-0.4, -0.2) is 53.3 Å². The monoisotopic (exact) mass is 503 g/mol. The third-order valence-electron chi connectivity index (χ3n) is 6.12. The number of nitrogens with one attached hydrogen (secondary N) is 1. The van der Waals surface area contributed by atoms with Crippen LogP contribution in [0, 0.1) is 0 Å². The number of likely N-dealkylation sites (N-methyl/N-ethyl adjacent to an activating group) is 1. The molecule has 3 heterocycles. The molecule has 5 rings (SSSR count). The molecular weight excluding hydrogens is 473 g/mol. The molecule has 1 aromatic heterocycles. The number of anilines is 2. The number of nitrogens with zero attached hydrogens (tertiary/aromatic N) is 4. The van der Waals surface area contributed by atoms with E-state index in [1.54, 1.807) is 11.3 Å². The van der Waals surface area contributed by atoms with Gasteiger partial charge in [-0.15, -0.1) is 36.2 Å². The minimum absolute atomic E-state index is 0. The molecule has 1 atom stereocenters. The third kappa shape index (κ3) is 5.35. The molecule has 5 nitrogen and oxygen atoms in total. The molecule has 1 saturated heterocycles. The number of hydrogen-bond acceptors (Lipinski definition) is 6. The van der Waals surface area contributed by atoms with Crippen LogP contribution < -0.4 is 5.32 Å². The van der Waals surface area contributed by atoms with Crippen molar-refractivity contribution in [3.63, 3.8) is 0 Å². The second-order valence-electron chi connectivity index (χ2n) is 8.73.